The van der Waals surface area contributed by atoms with E-state index >= 15 is 0 Å². The van der Waals surface area contributed by atoms with Crippen LogP contribution in [0.2, 0.25) is 0 Å². The van der Waals surface area contributed by atoms with Gasteiger partial charge in [-0.1, -0.05) is 23.5 Å². The van der Waals surface area contributed by atoms with Crippen molar-refractivity contribution in [1.82, 2.24) is 9.97 Å². The number of hydrogen-bond donors (Lipinski definition) is 0. The molecule has 0 unspecified atom stereocenters. The van der Waals surface area contributed by atoms with E-state index in [0.717, 1.165) is 26.9 Å². The summed E-state index contributed by atoms with van der Waals surface area (Å²) >= 11 is 1.52. The predicted molar refractivity (Wildman–Crippen MR) is 115 cm³/mol. The number of fused-ring (bicyclic) bond motifs is 1. The number of nitrogens with zero attached hydrogens (tertiary/aromatic N) is 4. The second-order valence-corrected chi connectivity index (χ2v) is 7.79. The molecule has 0 radical (unpaired) electrons. The zero-order chi connectivity index (χ0) is 20.4. The molecule has 4 rings (SSSR count). The lowest BCUT2D eigenvalue weighted by Gasteiger charge is -2.20. The van der Waals surface area contributed by atoms with E-state index in [9.17, 15) is 4.79 Å². The van der Waals surface area contributed by atoms with Crippen molar-refractivity contribution in [2.24, 2.45) is 0 Å². The topological polar surface area (TPSA) is 69.9 Å². The SMILES string of the molecule is Cc1ccc(C)c2sc(N(Cc3ccncc3)C(=O)c3ccc(C#N)cc3)nc12. The van der Waals surface area contributed by atoms with Crippen LogP contribution in [-0.4, -0.2) is 15.9 Å². The molecule has 0 aliphatic heterocycles. The Labute approximate surface area is 172 Å². The van der Waals surface area contributed by atoms with Gasteiger partial charge in [-0.05, 0) is 66.9 Å². The number of carbonyl (C=O) groups excluding carboxylic acids is 1. The van der Waals surface area contributed by atoms with Crippen LogP contribution in [0.5, 0.6) is 0 Å². The molecule has 142 valence electrons. The molecule has 29 heavy (non-hydrogen) atoms. The number of anilines is 1. The van der Waals surface area contributed by atoms with Gasteiger partial charge in [0.05, 0.1) is 28.4 Å². The number of carbonyl (C=O) groups is 1. The first kappa shape index (κ1) is 18.8. The highest BCUT2D eigenvalue weighted by atomic mass is 32.1. The van der Waals surface area contributed by atoms with Crippen LogP contribution in [0.4, 0.5) is 5.13 Å². The van der Waals surface area contributed by atoms with Crippen LogP contribution in [0.25, 0.3) is 10.2 Å². The molecule has 1 amide bonds. The van der Waals surface area contributed by atoms with Crippen molar-refractivity contribution in [3.63, 3.8) is 0 Å². The maximum atomic E-state index is 13.4. The highest BCUT2D eigenvalue weighted by Gasteiger charge is 2.22. The van der Waals surface area contributed by atoms with Crippen LogP contribution in [0.15, 0.2) is 60.9 Å². The quantitative estimate of drug-likeness (QED) is 0.484. The van der Waals surface area contributed by atoms with E-state index < -0.39 is 0 Å². The summed E-state index contributed by atoms with van der Waals surface area (Å²) in [7, 11) is 0. The highest BCUT2D eigenvalue weighted by Crippen LogP contribution is 2.34. The van der Waals surface area contributed by atoms with Crippen molar-refractivity contribution in [2.75, 3.05) is 4.90 Å². The zero-order valence-electron chi connectivity index (χ0n) is 16.1. The molecule has 0 aliphatic carbocycles. The van der Waals surface area contributed by atoms with Crippen LogP contribution in [-0.2, 0) is 6.54 Å². The van der Waals surface area contributed by atoms with Crippen molar-refractivity contribution < 1.29 is 4.79 Å². The van der Waals surface area contributed by atoms with Crippen LogP contribution in [0.3, 0.4) is 0 Å². The summed E-state index contributed by atoms with van der Waals surface area (Å²) in [5.74, 6) is -0.152. The minimum Gasteiger partial charge on any atom is -0.279 e. The van der Waals surface area contributed by atoms with Gasteiger partial charge in [0, 0.05) is 18.0 Å². The van der Waals surface area contributed by atoms with E-state index in [0.29, 0.717) is 22.8 Å². The molecule has 0 spiro atoms. The van der Waals surface area contributed by atoms with Crippen LogP contribution >= 0.6 is 11.3 Å². The summed E-state index contributed by atoms with van der Waals surface area (Å²) in [5.41, 5.74) is 5.16. The molecule has 4 aromatic rings. The van der Waals surface area contributed by atoms with Gasteiger partial charge in [0.1, 0.15) is 0 Å². The first-order chi connectivity index (χ1) is 14.1. The lowest BCUT2D eigenvalue weighted by atomic mass is 10.1. The van der Waals surface area contributed by atoms with E-state index in [4.69, 9.17) is 10.2 Å². The Kier molecular flexibility index (Phi) is 5.07. The molecule has 2 aromatic carbocycles. The van der Waals surface area contributed by atoms with Gasteiger partial charge < -0.3 is 0 Å². The summed E-state index contributed by atoms with van der Waals surface area (Å²) in [6.07, 6.45) is 3.43. The fourth-order valence-corrected chi connectivity index (χ4v) is 4.21. The fraction of sp³-hybridized carbons (Fsp3) is 0.130. The summed E-state index contributed by atoms with van der Waals surface area (Å²) in [4.78, 5) is 23.9. The summed E-state index contributed by atoms with van der Waals surface area (Å²) in [5, 5.41) is 9.68. The van der Waals surface area contributed by atoms with E-state index in [1.54, 1.807) is 41.6 Å². The number of aromatic nitrogens is 2. The van der Waals surface area contributed by atoms with E-state index in [2.05, 4.69) is 30.1 Å². The Hall–Kier alpha value is -3.56. The molecule has 0 N–H and O–H groups in total. The van der Waals surface area contributed by atoms with E-state index in [-0.39, 0.29) is 5.91 Å². The second kappa shape index (κ2) is 7.82. The lowest BCUT2D eigenvalue weighted by Crippen LogP contribution is -2.30. The van der Waals surface area contributed by atoms with Crippen LogP contribution in [0.1, 0.15) is 32.6 Å². The minimum atomic E-state index is -0.152. The minimum absolute atomic E-state index is 0.152. The monoisotopic (exact) mass is 398 g/mol. The number of aryl methyl sites for hydroxylation is 2. The van der Waals surface area contributed by atoms with Gasteiger partial charge in [-0.3, -0.25) is 14.7 Å². The summed E-state index contributed by atoms with van der Waals surface area (Å²) in [6, 6.07) is 16.7. The smallest absolute Gasteiger partial charge is 0.260 e. The second-order valence-electron chi connectivity index (χ2n) is 6.81. The normalized spacial score (nSPS) is 10.7. The van der Waals surface area contributed by atoms with Gasteiger partial charge in [0.15, 0.2) is 5.13 Å². The molecule has 0 saturated carbocycles. The van der Waals surface area contributed by atoms with Gasteiger partial charge in [0.2, 0.25) is 0 Å². The average Bonchev–Trinajstić information content (AvgIpc) is 3.21. The first-order valence-electron chi connectivity index (χ1n) is 9.14. The third-order valence-electron chi connectivity index (χ3n) is 4.76. The number of nitriles is 1. The molecule has 0 atom stereocenters. The average molecular weight is 398 g/mol. The van der Waals surface area contributed by atoms with Crippen molar-refractivity contribution in [3.05, 3.63) is 88.7 Å². The lowest BCUT2D eigenvalue weighted by molar-refractivity contribution is 0.0985. The number of thiazole rings is 1. The van der Waals surface area contributed by atoms with Gasteiger partial charge in [-0.25, -0.2) is 4.98 Å². The molecular formula is C23H18N4OS. The van der Waals surface area contributed by atoms with Gasteiger partial charge in [-0.2, -0.15) is 5.26 Å². The van der Waals surface area contributed by atoms with E-state index in [1.165, 1.54) is 11.3 Å². The van der Waals surface area contributed by atoms with Crippen molar-refractivity contribution >= 4 is 32.6 Å². The maximum Gasteiger partial charge on any atom is 0.260 e. The molecule has 2 aromatic heterocycles. The summed E-state index contributed by atoms with van der Waals surface area (Å²) < 4.78 is 1.09. The van der Waals surface area contributed by atoms with Crippen molar-refractivity contribution in [1.29, 1.82) is 5.26 Å². The fourth-order valence-electron chi connectivity index (χ4n) is 3.10. The third-order valence-corrected chi connectivity index (χ3v) is 5.97. The summed E-state index contributed by atoms with van der Waals surface area (Å²) in [6.45, 7) is 4.47. The van der Waals surface area contributed by atoms with Crippen LogP contribution in [0, 0.1) is 25.2 Å². The third kappa shape index (κ3) is 3.73. The number of amides is 1. The Morgan fingerprint density at radius 3 is 2.38 bits per heavy atom. The van der Waals surface area contributed by atoms with Crippen molar-refractivity contribution in [3.8, 4) is 6.07 Å². The van der Waals surface area contributed by atoms with Gasteiger partial charge in [-0.15, -0.1) is 0 Å². The standard InChI is InChI=1S/C23H18N4OS/c1-15-3-4-16(2)21-20(15)26-23(29-21)27(14-18-9-11-25-12-10-18)22(28)19-7-5-17(13-24)6-8-19/h3-12H,14H2,1-2H3. The first-order valence-corrected chi connectivity index (χ1v) is 9.96. The van der Waals surface area contributed by atoms with Gasteiger partial charge in [0.25, 0.3) is 5.91 Å². The number of benzene rings is 2. The van der Waals surface area contributed by atoms with Crippen LogP contribution < -0.4 is 4.90 Å². The molecule has 0 bridgehead atoms. The molecule has 6 heteroatoms. The Balaban J connectivity index is 1.80. The molecule has 0 fully saturated rings. The Morgan fingerprint density at radius 2 is 1.72 bits per heavy atom. The molecular weight excluding hydrogens is 380 g/mol. The Morgan fingerprint density at radius 1 is 1.03 bits per heavy atom. The van der Waals surface area contributed by atoms with Gasteiger partial charge >= 0.3 is 0 Å². The molecule has 0 saturated heterocycles. The predicted octanol–water partition coefficient (Wildman–Crippen LogP) is 5.03. The zero-order valence-corrected chi connectivity index (χ0v) is 16.9. The Bertz CT molecular complexity index is 1180. The highest BCUT2D eigenvalue weighted by molar-refractivity contribution is 7.22. The molecule has 0 aliphatic rings. The number of hydrogen-bond acceptors (Lipinski definition) is 5. The van der Waals surface area contributed by atoms with E-state index in [1.807, 2.05) is 19.1 Å². The maximum absolute atomic E-state index is 13.4. The van der Waals surface area contributed by atoms with Crippen molar-refractivity contribution in [2.45, 2.75) is 20.4 Å². The molecule has 5 nitrogen and oxygen atoms in total. The number of pyridine rings is 1. The largest absolute Gasteiger partial charge is 0.279 e. The number of rotatable bonds is 4. The molecule has 2 heterocycles.